The lowest BCUT2D eigenvalue weighted by Gasteiger charge is -2.00. The number of hydrogen-bond acceptors (Lipinski definition) is 4. The molecule has 6 heteroatoms. The summed E-state index contributed by atoms with van der Waals surface area (Å²) in [5.41, 5.74) is 0.806. The Morgan fingerprint density at radius 2 is 1.95 bits per heavy atom. The van der Waals surface area contributed by atoms with E-state index in [9.17, 15) is 0 Å². The average Bonchev–Trinajstić information content (AvgIpc) is 2.87. The average molecular weight is 291 g/mol. The Labute approximate surface area is 122 Å². The fourth-order valence-electron chi connectivity index (χ4n) is 1.37. The van der Waals surface area contributed by atoms with Gasteiger partial charge in [0, 0.05) is 5.02 Å². The highest BCUT2D eigenvalue weighted by molar-refractivity contribution is 6.30. The molecule has 0 atom stereocenters. The summed E-state index contributed by atoms with van der Waals surface area (Å²) in [4.78, 5) is 1.45. The molecule has 0 saturated heterocycles. The molecule has 0 unspecified atom stereocenters. The number of aromatic nitrogens is 4. The molecule has 0 aliphatic rings. The first-order valence-electron chi connectivity index (χ1n) is 6.20. The number of hydrogen-bond donors (Lipinski definition) is 0. The zero-order valence-corrected chi connectivity index (χ0v) is 12.0. The van der Waals surface area contributed by atoms with Gasteiger partial charge in [0.25, 0.3) is 0 Å². The van der Waals surface area contributed by atoms with Crippen LogP contribution in [0.15, 0.2) is 42.7 Å². The van der Waals surface area contributed by atoms with Crippen molar-refractivity contribution in [3.63, 3.8) is 0 Å². The largest absolute Gasteiger partial charge is 0.499 e. The van der Waals surface area contributed by atoms with Crippen molar-refractivity contribution in [2.75, 3.05) is 0 Å². The van der Waals surface area contributed by atoms with Crippen LogP contribution in [0.5, 0.6) is 0 Å². The summed E-state index contributed by atoms with van der Waals surface area (Å²) in [5.74, 6) is 0.522. The summed E-state index contributed by atoms with van der Waals surface area (Å²) >= 11 is 5.83. The molecular formula is C14H15ClN4O. The van der Waals surface area contributed by atoms with Crippen LogP contribution < -0.4 is 0 Å². The molecule has 104 valence electrons. The highest BCUT2D eigenvalue weighted by Crippen LogP contribution is 2.11. The zero-order chi connectivity index (χ0) is 14.4. The molecule has 5 nitrogen and oxygen atoms in total. The van der Waals surface area contributed by atoms with Crippen molar-refractivity contribution >= 4 is 17.7 Å². The fourth-order valence-corrected chi connectivity index (χ4v) is 1.49. The van der Waals surface area contributed by atoms with Gasteiger partial charge in [-0.1, -0.05) is 17.7 Å². The van der Waals surface area contributed by atoms with Crippen molar-refractivity contribution in [1.29, 1.82) is 0 Å². The van der Waals surface area contributed by atoms with Gasteiger partial charge < -0.3 is 4.74 Å². The molecule has 1 heterocycles. The third-order valence-electron chi connectivity index (χ3n) is 2.27. The van der Waals surface area contributed by atoms with Crippen LogP contribution in [0.4, 0.5) is 0 Å². The summed E-state index contributed by atoms with van der Waals surface area (Å²) in [6.45, 7) is 3.93. The maximum Gasteiger partial charge on any atom is 0.198 e. The van der Waals surface area contributed by atoms with Gasteiger partial charge in [-0.2, -0.15) is 0 Å². The molecule has 1 aromatic heterocycles. The molecule has 0 N–H and O–H groups in total. The van der Waals surface area contributed by atoms with E-state index in [0.29, 0.717) is 10.8 Å². The first-order valence-corrected chi connectivity index (χ1v) is 6.57. The molecule has 2 aromatic rings. The number of ether oxygens (including phenoxy) is 1. The number of allylic oxidation sites excluding steroid dienone is 2. The van der Waals surface area contributed by atoms with E-state index in [0.717, 1.165) is 5.69 Å². The summed E-state index contributed by atoms with van der Waals surface area (Å²) < 4.78 is 5.26. The SMILES string of the molecule is CC(C)O/C=C\C=C/c1nnn(-c2ccc(Cl)cc2)n1. The molecule has 0 amide bonds. The molecule has 0 spiro atoms. The van der Waals surface area contributed by atoms with Crippen LogP contribution in [0.1, 0.15) is 19.7 Å². The van der Waals surface area contributed by atoms with E-state index in [1.54, 1.807) is 36.6 Å². The van der Waals surface area contributed by atoms with Crippen molar-refractivity contribution < 1.29 is 4.74 Å². The van der Waals surface area contributed by atoms with E-state index in [-0.39, 0.29) is 6.10 Å². The minimum atomic E-state index is 0.170. The van der Waals surface area contributed by atoms with Crippen molar-refractivity contribution in [1.82, 2.24) is 20.2 Å². The van der Waals surface area contributed by atoms with Crippen LogP contribution in [-0.4, -0.2) is 26.3 Å². The molecule has 0 bridgehead atoms. The lowest BCUT2D eigenvalue weighted by atomic mass is 10.3. The second-order valence-corrected chi connectivity index (χ2v) is 4.72. The Morgan fingerprint density at radius 1 is 1.20 bits per heavy atom. The maximum atomic E-state index is 5.83. The van der Waals surface area contributed by atoms with E-state index in [1.807, 2.05) is 26.0 Å². The Balaban J connectivity index is 2.00. The van der Waals surface area contributed by atoms with Crippen LogP contribution in [0.3, 0.4) is 0 Å². The maximum absolute atomic E-state index is 5.83. The Hall–Kier alpha value is -2.14. The Morgan fingerprint density at radius 3 is 2.65 bits per heavy atom. The van der Waals surface area contributed by atoms with E-state index in [4.69, 9.17) is 16.3 Å². The zero-order valence-electron chi connectivity index (χ0n) is 11.3. The molecule has 2 rings (SSSR count). The second-order valence-electron chi connectivity index (χ2n) is 4.29. The standard InChI is InChI=1S/C14H15ClN4O/c1-11(2)20-10-4-3-5-14-16-18-19(17-14)13-8-6-12(15)7-9-13/h3-11H,1-2H3/b5-3-,10-4-. The molecule has 20 heavy (non-hydrogen) atoms. The summed E-state index contributed by atoms with van der Waals surface area (Å²) in [6, 6.07) is 7.21. The van der Waals surface area contributed by atoms with Gasteiger partial charge >= 0.3 is 0 Å². The molecule has 1 aromatic carbocycles. The molecule has 0 saturated carbocycles. The van der Waals surface area contributed by atoms with E-state index >= 15 is 0 Å². The Kier molecular flexibility index (Phi) is 4.90. The van der Waals surface area contributed by atoms with Gasteiger partial charge in [-0.05, 0) is 55.5 Å². The van der Waals surface area contributed by atoms with Crippen molar-refractivity contribution in [3.05, 3.63) is 53.5 Å². The number of tetrazole rings is 1. The third-order valence-corrected chi connectivity index (χ3v) is 2.52. The first-order chi connectivity index (χ1) is 9.65. The summed E-state index contributed by atoms with van der Waals surface area (Å²) in [7, 11) is 0. The van der Waals surface area contributed by atoms with Gasteiger partial charge in [0.1, 0.15) is 0 Å². The van der Waals surface area contributed by atoms with Crippen molar-refractivity contribution in [2.24, 2.45) is 0 Å². The number of nitrogens with zero attached hydrogens (tertiary/aromatic N) is 4. The molecular weight excluding hydrogens is 276 g/mol. The topological polar surface area (TPSA) is 52.8 Å². The number of benzene rings is 1. The molecule has 0 aliphatic heterocycles. The monoisotopic (exact) mass is 290 g/mol. The van der Waals surface area contributed by atoms with Crippen molar-refractivity contribution in [3.8, 4) is 5.69 Å². The summed E-state index contributed by atoms with van der Waals surface area (Å²) in [6.07, 6.45) is 7.13. The predicted octanol–water partition coefficient (Wildman–Crippen LogP) is 3.27. The number of rotatable bonds is 5. The van der Waals surface area contributed by atoms with E-state index in [1.165, 1.54) is 4.80 Å². The van der Waals surface area contributed by atoms with Crippen LogP contribution in [0.25, 0.3) is 11.8 Å². The van der Waals surface area contributed by atoms with Crippen LogP contribution in [0, 0.1) is 0 Å². The van der Waals surface area contributed by atoms with Crippen LogP contribution in [-0.2, 0) is 4.74 Å². The van der Waals surface area contributed by atoms with Gasteiger partial charge in [0.2, 0.25) is 0 Å². The van der Waals surface area contributed by atoms with Crippen LogP contribution in [0.2, 0.25) is 5.02 Å². The second kappa shape index (κ2) is 6.86. The van der Waals surface area contributed by atoms with Crippen molar-refractivity contribution in [2.45, 2.75) is 20.0 Å². The molecule has 0 fully saturated rings. The minimum Gasteiger partial charge on any atom is -0.499 e. The first kappa shape index (κ1) is 14.3. The van der Waals surface area contributed by atoms with Crippen LogP contribution >= 0.6 is 11.6 Å². The quantitative estimate of drug-likeness (QED) is 0.626. The smallest absolute Gasteiger partial charge is 0.198 e. The fraction of sp³-hybridized carbons (Fsp3) is 0.214. The normalized spacial score (nSPS) is 11.8. The Bertz CT molecular complexity index is 602. The van der Waals surface area contributed by atoms with Gasteiger partial charge in [-0.25, -0.2) is 0 Å². The highest BCUT2D eigenvalue weighted by Gasteiger charge is 2.01. The lowest BCUT2D eigenvalue weighted by molar-refractivity contribution is 0.179. The predicted molar refractivity (Wildman–Crippen MR) is 78.6 cm³/mol. The van der Waals surface area contributed by atoms with Gasteiger partial charge in [-0.3, -0.25) is 0 Å². The summed E-state index contributed by atoms with van der Waals surface area (Å²) in [5, 5.41) is 12.8. The van der Waals surface area contributed by atoms with Gasteiger partial charge in [0.15, 0.2) is 5.82 Å². The minimum absolute atomic E-state index is 0.170. The highest BCUT2D eigenvalue weighted by atomic mass is 35.5. The van der Waals surface area contributed by atoms with E-state index in [2.05, 4.69) is 15.4 Å². The third kappa shape index (κ3) is 4.20. The number of halogens is 1. The molecule has 0 radical (unpaired) electrons. The van der Waals surface area contributed by atoms with Gasteiger partial charge in [-0.15, -0.1) is 15.0 Å². The van der Waals surface area contributed by atoms with Gasteiger partial charge in [0.05, 0.1) is 18.1 Å². The lowest BCUT2D eigenvalue weighted by Crippen LogP contribution is -1.98. The molecule has 0 aliphatic carbocycles. The van der Waals surface area contributed by atoms with E-state index < -0.39 is 0 Å².